The second-order valence-electron chi connectivity index (χ2n) is 6.56. The highest BCUT2D eigenvalue weighted by Crippen LogP contribution is 2.41. The van der Waals surface area contributed by atoms with Crippen LogP contribution in [0.15, 0.2) is 0 Å². The van der Waals surface area contributed by atoms with Gasteiger partial charge in [0, 0.05) is 30.6 Å². The van der Waals surface area contributed by atoms with E-state index in [9.17, 15) is 4.79 Å². The summed E-state index contributed by atoms with van der Waals surface area (Å²) >= 11 is 1.28. The van der Waals surface area contributed by atoms with Crippen LogP contribution in [-0.2, 0) is 22.5 Å². The van der Waals surface area contributed by atoms with E-state index in [1.54, 1.807) is 0 Å². The number of amides is 1. The average Bonchev–Trinajstić information content (AvgIpc) is 2.84. The summed E-state index contributed by atoms with van der Waals surface area (Å²) in [6.45, 7) is 9.70. The molecule has 1 atom stereocenters. The van der Waals surface area contributed by atoms with Crippen LogP contribution in [0.3, 0.4) is 0 Å². The molecule has 27 heavy (non-hydrogen) atoms. The van der Waals surface area contributed by atoms with Crippen LogP contribution >= 0.6 is 11.3 Å². The molecule has 4 rings (SSSR count). The third-order valence-corrected chi connectivity index (χ3v) is 5.93. The summed E-state index contributed by atoms with van der Waals surface area (Å²) in [7, 11) is 0. The van der Waals surface area contributed by atoms with E-state index in [2.05, 4.69) is 4.90 Å². The maximum Gasteiger partial charge on any atom is 0.260 e. The van der Waals surface area contributed by atoms with Crippen molar-refractivity contribution in [1.29, 1.82) is 0 Å². The minimum Gasteiger partial charge on any atom is -0.397 e. The van der Waals surface area contributed by atoms with Crippen LogP contribution in [-0.4, -0.2) is 43.3 Å². The van der Waals surface area contributed by atoms with Gasteiger partial charge in [0.25, 0.3) is 5.91 Å². The predicted molar refractivity (Wildman–Crippen MR) is 110 cm³/mol. The fourth-order valence-electron chi connectivity index (χ4n) is 3.60. The highest BCUT2D eigenvalue weighted by Gasteiger charge is 2.29. The predicted octanol–water partition coefficient (Wildman–Crippen LogP) is 2.69. The number of anilines is 2. The molecular formula is C19H28N4O3S. The number of carbonyl (C=O) groups is 1. The molecule has 0 radical (unpaired) electrons. The zero-order valence-corrected chi connectivity index (χ0v) is 17.0. The van der Waals surface area contributed by atoms with E-state index in [0.29, 0.717) is 23.8 Å². The van der Waals surface area contributed by atoms with E-state index in [1.807, 2.05) is 20.8 Å². The molecule has 148 valence electrons. The van der Waals surface area contributed by atoms with Crippen molar-refractivity contribution in [2.45, 2.75) is 46.3 Å². The van der Waals surface area contributed by atoms with Gasteiger partial charge in [-0.05, 0) is 25.3 Å². The molecule has 7 nitrogen and oxygen atoms in total. The number of ether oxygens (including phenoxy) is 2. The fourth-order valence-corrected chi connectivity index (χ4v) is 4.58. The number of primary amides is 1. The lowest BCUT2D eigenvalue weighted by atomic mass is 9.96. The van der Waals surface area contributed by atoms with Crippen molar-refractivity contribution in [2.24, 2.45) is 5.73 Å². The smallest absolute Gasteiger partial charge is 0.260 e. The molecule has 2 aliphatic heterocycles. The standard InChI is InChI=1S/C17H22N4O3S.C2H6/c1-9-7-10-11(8-24-9)16(21-3-2-5-23-6-4-21)20-17-12(10)13(18)14(25-17)15(19)22;1-2/h9H,2-8,18H2,1H3,(H2,19,22);1-2H3. The highest BCUT2D eigenvalue weighted by molar-refractivity contribution is 7.21. The maximum atomic E-state index is 11.7. The molecule has 2 aromatic heterocycles. The molecule has 2 aliphatic rings. The molecule has 4 N–H and O–H groups in total. The fraction of sp³-hybridized carbons (Fsp3) is 0.579. The monoisotopic (exact) mass is 392 g/mol. The van der Waals surface area contributed by atoms with Crippen molar-refractivity contribution in [3.63, 3.8) is 0 Å². The van der Waals surface area contributed by atoms with Crippen LogP contribution < -0.4 is 16.4 Å². The number of aromatic nitrogens is 1. The van der Waals surface area contributed by atoms with Crippen LogP contribution in [0, 0.1) is 0 Å². The molecule has 0 saturated carbocycles. The van der Waals surface area contributed by atoms with E-state index in [1.165, 1.54) is 11.3 Å². The van der Waals surface area contributed by atoms with Gasteiger partial charge in [-0.1, -0.05) is 13.8 Å². The van der Waals surface area contributed by atoms with Gasteiger partial charge >= 0.3 is 0 Å². The molecule has 1 saturated heterocycles. The first-order valence-corrected chi connectivity index (χ1v) is 10.4. The molecule has 0 spiro atoms. The summed E-state index contributed by atoms with van der Waals surface area (Å²) in [6.07, 6.45) is 1.82. The molecule has 0 aromatic carbocycles. The van der Waals surface area contributed by atoms with Gasteiger partial charge < -0.3 is 25.8 Å². The van der Waals surface area contributed by atoms with Gasteiger partial charge in [0.05, 0.1) is 25.0 Å². The van der Waals surface area contributed by atoms with Crippen LogP contribution in [0.5, 0.6) is 0 Å². The van der Waals surface area contributed by atoms with Crippen molar-refractivity contribution >= 4 is 39.0 Å². The summed E-state index contributed by atoms with van der Waals surface area (Å²) in [5.74, 6) is 0.427. The van der Waals surface area contributed by atoms with Crippen molar-refractivity contribution in [3.8, 4) is 0 Å². The summed E-state index contributed by atoms with van der Waals surface area (Å²) in [6, 6.07) is 0. The number of carbonyl (C=O) groups excluding carboxylic acids is 1. The summed E-state index contributed by atoms with van der Waals surface area (Å²) in [5, 5.41) is 0.874. The highest BCUT2D eigenvalue weighted by atomic mass is 32.1. The number of pyridine rings is 1. The third kappa shape index (κ3) is 3.74. The minimum atomic E-state index is -0.501. The van der Waals surface area contributed by atoms with Crippen molar-refractivity contribution in [2.75, 3.05) is 36.9 Å². The molecule has 0 bridgehead atoms. The first-order valence-electron chi connectivity index (χ1n) is 9.54. The van der Waals surface area contributed by atoms with Crippen molar-refractivity contribution in [3.05, 3.63) is 16.0 Å². The molecule has 1 amide bonds. The SMILES string of the molecule is CC.CC1Cc2c(c(N3CCCOCC3)nc3sc(C(N)=O)c(N)c23)CO1. The van der Waals surface area contributed by atoms with Gasteiger partial charge in [0.2, 0.25) is 0 Å². The second kappa shape index (κ2) is 8.41. The van der Waals surface area contributed by atoms with Crippen molar-refractivity contribution < 1.29 is 14.3 Å². The Morgan fingerprint density at radius 1 is 1.26 bits per heavy atom. The maximum absolute atomic E-state index is 11.7. The van der Waals surface area contributed by atoms with Crippen LogP contribution in [0.25, 0.3) is 10.2 Å². The quantitative estimate of drug-likeness (QED) is 0.814. The summed E-state index contributed by atoms with van der Waals surface area (Å²) < 4.78 is 11.5. The summed E-state index contributed by atoms with van der Waals surface area (Å²) in [5.41, 5.74) is 14.4. The number of rotatable bonds is 2. The zero-order valence-electron chi connectivity index (χ0n) is 16.2. The molecule has 4 heterocycles. The van der Waals surface area contributed by atoms with Gasteiger partial charge in [-0.2, -0.15) is 0 Å². The Hall–Kier alpha value is -1.90. The van der Waals surface area contributed by atoms with Gasteiger partial charge in [0.1, 0.15) is 15.5 Å². The van der Waals surface area contributed by atoms with E-state index >= 15 is 0 Å². The first kappa shape index (κ1) is 19.9. The summed E-state index contributed by atoms with van der Waals surface area (Å²) in [4.78, 5) is 20.0. The molecular weight excluding hydrogens is 364 g/mol. The Morgan fingerprint density at radius 2 is 2.04 bits per heavy atom. The lowest BCUT2D eigenvalue weighted by Crippen LogP contribution is -2.30. The number of nitrogen functional groups attached to an aromatic ring is 1. The third-order valence-electron chi connectivity index (χ3n) is 4.82. The lowest BCUT2D eigenvalue weighted by molar-refractivity contribution is 0.0416. The van der Waals surface area contributed by atoms with E-state index in [0.717, 1.165) is 59.7 Å². The zero-order chi connectivity index (χ0) is 19.6. The molecule has 2 aromatic rings. The number of hydrogen-bond donors (Lipinski definition) is 2. The van der Waals surface area contributed by atoms with Crippen molar-refractivity contribution in [1.82, 2.24) is 4.98 Å². The molecule has 0 aliphatic carbocycles. The lowest BCUT2D eigenvalue weighted by Gasteiger charge is -2.30. The van der Waals surface area contributed by atoms with Gasteiger partial charge in [-0.3, -0.25) is 4.79 Å². The Balaban J connectivity index is 0.00000102. The van der Waals surface area contributed by atoms with Gasteiger partial charge in [-0.15, -0.1) is 11.3 Å². The number of thiophene rings is 1. The van der Waals surface area contributed by atoms with Crippen LogP contribution in [0.1, 0.15) is 48.0 Å². The number of nitrogens with zero attached hydrogens (tertiary/aromatic N) is 2. The minimum absolute atomic E-state index is 0.106. The topological polar surface area (TPSA) is 104 Å². The number of fused-ring (bicyclic) bond motifs is 3. The van der Waals surface area contributed by atoms with E-state index < -0.39 is 5.91 Å². The second-order valence-corrected chi connectivity index (χ2v) is 7.56. The number of hydrogen-bond acceptors (Lipinski definition) is 7. The molecule has 1 unspecified atom stereocenters. The molecule has 8 heteroatoms. The Labute approximate surface area is 163 Å². The normalized spacial score (nSPS) is 19.8. The van der Waals surface area contributed by atoms with Crippen LogP contribution in [0.2, 0.25) is 0 Å². The van der Waals surface area contributed by atoms with E-state index in [4.69, 9.17) is 25.9 Å². The largest absolute Gasteiger partial charge is 0.397 e. The van der Waals surface area contributed by atoms with E-state index in [-0.39, 0.29) is 6.10 Å². The van der Waals surface area contributed by atoms with Crippen LogP contribution in [0.4, 0.5) is 11.5 Å². The number of nitrogens with two attached hydrogens (primary N) is 2. The first-order chi connectivity index (χ1) is 13.1. The van der Waals surface area contributed by atoms with Gasteiger partial charge in [-0.25, -0.2) is 4.98 Å². The molecule has 1 fully saturated rings. The van der Waals surface area contributed by atoms with Gasteiger partial charge in [0.15, 0.2) is 0 Å². The Morgan fingerprint density at radius 3 is 2.78 bits per heavy atom. The Bertz CT molecular complexity index is 828. The average molecular weight is 393 g/mol. The Kier molecular flexibility index (Phi) is 6.18.